The van der Waals surface area contributed by atoms with Crippen molar-refractivity contribution >= 4 is 17.7 Å². The number of likely N-dealkylation sites (tertiary alicyclic amines) is 1. The Morgan fingerprint density at radius 3 is 2.21 bits per heavy atom. The first-order valence-corrected chi connectivity index (χ1v) is 8.35. The molecule has 0 spiro atoms. The Kier molecular flexibility index (Phi) is 6.18. The van der Waals surface area contributed by atoms with Gasteiger partial charge < -0.3 is 5.32 Å². The molecule has 0 aliphatic carbocycles. The van der Waals surface area contributed by atoms with Crippen LogP contribution in [0.2, 0.25) is 0 Å². The van der Waals surface area contributed by atoms with E-state index in [4.69, 9.17) is 0 Å². The van der Waals surface area contributed by atoms with Crippen LogP contribution in [-0.2, 0) is 4.79 Å². The first kappa shape index (κ1) is 16.8. The lowest BCUT2D eigenvalue weighted by molar-refractivity contribution is -0.119. The van der Waals surface area contributed by atoms with Gasteiger partial charge in [-0.2, -0.15) is 0 Å². The van der Waals surface area contributed by atoms with Gasteiger partial charge >= 0.3 is 0 Å². The minimum Gasteiger partial charge on any atom is -0.354 e. The fraction of sp³-hybridized carbons (Fsp3) is 0.933. The second-order valence-electron chi connectivity index (χ2n) is 7.04. The first-order valence-electron chi connectivity index (χ1n) is 7.36. The highest BCUT2D eigenvalue weighted by Gasteiger charge is 2.28. The van der Waals surface area contributed by atoms with Crippen LogP contribution in [0.15, 0.2) is 0 Å². The molecule has 1 aliphatic heterocycles. The molecule has 1 saturated heterocycles. The van der Waals surface area contributed by atoms with Crippen LogP contribution in [0.1, 0.15) is 53.9 Å². The molecule has 1 amide bonds. The summed E-state index contributed by atoms with van der Waals surface area (Å²) >= 11 is 1.70. The topological polar surface area (TPSA) is 32.3 Å². The Morgan fingerprint density at radius 2 is 1.68 bits per heavy atom. The van der Waals surface area contributed by atoms with E-state index in [1.807, 2.05) is 0 Å². The van der Waals surface area contributed by atoms with Crippen molar-refractivity contribution < 1.29 is 4.79 Å². The van der Waals surface area contributed by atoms with Crippen LogP contribution in [0, 0.1) is 0 Å². The van der Waals surface area contributed by atoms with Crippen LogP contribution in [0.5, 0.6) is 0 Å². The number of carbonyl (C=O) groups is 1. The highest BCUT2D eigenvalue weighted by atomic mass is 32.2. The number of piperidine rings is 1. The van der Waals surface area contributed by atoms with Gasteiger partial charge in [-0.25, -0.2) is 0 Å². The second kappa shape index (κ2) is 6.98. The van der Waals surface area contributed by atoms with Crippen molar-refractivity contribution in [3.63, 3.8) is 0 Å². The molecule has 0 aromatic rings. The third-order valence-corrected chi connectivity index (χ3v) is 4.84. The molecule has 0 aromatic carbocycles. The fourth-order valence-corrected chi connectivity index (χ4v) is 2.93. The number of hydrogen-bond acceptors (Lipinski definition) is 3. The largest absolute Gasteiger partial charge is 0.354 e. The maximum atomic E-state index is 11.9. The highest BCUT2D eigenvalue weighted by molar-refractivity contribution is 8.01. The number of nitrogens with one attached hydrogen (secondary N) is 1. The molecule has 4 heteroatoms. The third-order valence-electron chi connectivity index (χ3n) is 3.57. The van der Waals surface area contributed by atoms with Crippen molar-refractivity contribution in [2.45, 2.75) is 64.2 Å². The monoisotopic (exact) mass is 286 g/mol. The van der Waals surface area contributed by atoms with E-state index in [2.05, 4.69) is 44.8 Å². The molecule has 1 aliphatic rings. The summed E-state index contributed by atoms with van der Waals surface area (Å²) in [4.78, 5) is 14.4. The van der Waals surface area contributed by atoms with Crippen molar-refractivity contribution in [2.75, 3.05) is 25.4 Å². The third kappa shape index (κ3) is 6.66. The summed E-state index contributed by atoms with van der Waals surface area (Å²) in [7, 11) is 0. The Morgan fingerprint density at radius 1 is 1.11 bits per heavy atom. The molecule has 1 rings (SSSR count). The zero-order chi connectivity index (χ0) is 14.5. The summed E-state index contributed by atoms with van der Waals surface area (Å²) in [6.45, 7) is 14.0. The summed E-state index contributed by atoms with van der Waals surface area (Å²) in [5.41, 5.74) is 0.0719. The van der Waals surface area contributed by atoms with Crippen LogP contribution >= 0.6 is 11.8 Å². The van der Waals surface area contributed by atoms with E-state index < -0.39 is 0 Å². The minimum atomic E-state index is 0.0719. The van der Waals surface area contributed by atoms with Gasteiger partial charge in [0.25, 0.3) is 0 Å². The van der Waals surface area contributed by atoms with Gasteiger partial charge in [0.15, 0.2) is 0 Å². The van der Waals surface area contributed by atoms with E-state index in [1.165, 1.54) is 32.4 Å². The normalized spacial score (nSPS) is 18.4. The molecule has 3 nitrogen and oxygen atoms in total. The molecule has 19 heavy (non-hydrogen) atoms. The van der Waals surface area contributed by atoms with Gasteiger partial charge in [-0.05, 0) is 39.8 Å². The van der Waals surface area contributed by atoms with E-state index in [1.54, 1.807) is 11.8 Å². The van der Waals surface area contributed by atoms with Crippen LogP contribution < -0.4 is 5.32 Å². The Hall–Kier alpha value is -0.220. The smallest absolute Gasteiger partial charge is 0.230 e. The van der Waals surface area contributed by atoms with Crippen molar-refractivity contribution in [1.82, 2.24) is 10.2 Å². The van der Waals surface area contributed by atoms with Gasteiger partial charge in [0.05, 0.1) is 5.75 Å². The minimum absolute atomic E-state index is 0.0719. The van der Waals surface area contributed by atoms with Gasteiger partial charge in [-0.15, -0.1) is 11.8 Å². The van der Waals surface area contributed by atoms with Crippen LogP contribution in [-0.4, -0.2) is 46.5 Å². The zero-order valence-electron chi connectivity index (χ0n) is 13.2. The number of nitrogens with zero attached hydrogens (tertiary/aromatic N) is 1. The number of carbonyl (C=O) groups excluding carboxylic acids is 1. The predicted molar refractivity (Wildman–Crippen MR) is 84.7 cm³/mol. The summed E-state index contributed by atoms with van der Waals surface area (Å²) in [5, 5.41) is 3.09. The molecule has 1 fully saturated rings. The fourth-order valence-electron chi connectivity index (χ4n) is 2.26. The predicted octanol–water partition coefficient (Wildman–Crippen LogP) is 2.90. The molecule has 112 valence electrons. The van der Waals surface area contributed by atoms with E-state index in [0.717, 1.165) is 6.54 Å². The molecule has 0 saturated carbocycles. The number of amides is 1. The number of rotatable bonds is 5. The van der Waals surface area contributed by atoms with Gasteiger partial charge in [0.1, 0.15) is 0 Å². The van der Waals surface area contributed by atoms with E-state index >= 15 is 0 Å². The molecular weight excluding hydrogens is 256 g/mol. The van der Waals surface area contributed by atoms with Gasteiger partial charge in [0.2, 0.25) is 5.91 Å². The van der Waals surface area contributed by atoms with Gasteiger partial charge in [0, 0.05) is 16.8 Å². The summed E-state index contributed by atoms with van der Waals surface area (Å²) < 4.78 is 0.153. The second-order valence-corrected chi connectivity index (χ2v) is 8.84. The number of hydrogen-bond donors (Lipinski definition) is 1. The SMILES string of the molecule is CC(C)(C)SCC(=O)NCC(C)(C)N1CCCCC1. The van der Waals surface area contributed by atoms with Crippen LogP contribution in [0.25, 0.3) is 0 Å². The lowest BCUT2D eigenvalue weighted by Gasteiger charge is -2.41. The van der Waals surface area contributed by atoms with Crippen molar-refractivity contribution in [3.05, 3.63) is 0 Å². The van der Waals surface area contributed by atoms with Crippen LogP contribution in [0.4, 0.5) is 0 Å². The van der Waals surface area contributed by atoms with Crippen molar-refractivity contribution in [3.8, 4) is 0 Å². The highest BCUT2D eigenvalue weighted by Crippen LogP contribution is 2.23. The average Bonchev–Trinajstić information content (AvgIpc) is 2.34. The molecule has 0 unspecified atom stereocenters. The zero-order valence-corrected chi connectivity index (χ0v) is 14.0. The van der Waals surface area contributed by atoms with E-state index in [0.29, 0.717) is 5.75 Å². The van der Waals surface area contributed by atoms with Crippen molar-refractivity contribution in [2.24, 2.45) is 0 Å². The molecule has 0 radical (unpaired) electrons. The molecule has 0 bridgehead atoms. The molecule has 0 atom stereocenters. The first-order chi connectivity index (χ1) is 8.71. The van der Waals surface area contributed by atoms with Crippen LogP contribution in [0.3, 0.4) is 0 Å². The van der Waals surface area contributed by atoms with Gasteiger partial charge in [-0.1, -0.05) is 27.2 Å². The molecule has 0 aromatic heterocycles. The molecular formula is C15H30N2OS. The summed E-state index contributed by atoms with van der Waals surface area (Å²) in [6, 6.07) is 0. The standard InChI is InChI=1S/C15H30N2OS/c1-14(2,3)19-11-13(18)16-12-15(4,5)17-9-7-6-8-10-17/h6-12H2,1-5H3,(H,16,18). The quantitative estimate of drug-likeness (QED) is 0.843. The maximum absolute atomic E-state index is 11.9. The maximum Gasteiger partial charge on any atom is 0.230 e. The number of thioether (sulfide) groups is 1. The summed E-state index contributed by atoms with van der Waals surface area (Å²) in [6.07, 6.45) is 3.93. The Bertz CT molecular complexity index is 291. The lowest BCUT2D eigenvalue weighted by atomic mass is 9.98. The lowest BCUT2D eigenvalue weighted by Crippen LogP contribution is -2.53. The average molecular weight is 286 g/mol. The summed E-state index contributed by atoms with van der Waals surface area (Å²) in [5.74, 6) is 0.713. The van der Waals surface area contributed by atoms with E-state index in [-0.39, 0.29) is 16.2 Å². The molecule has 1 N–H and O–H groups in total. The Balaban J connectivity index is 2.31. The Labute approximate surface area is 122 Å². The molecule has 1 heterocycles. The van der Waals surface area contributed by atoms with Crippen molar-refractivity contribution in [1.29, 1.82) is 0 Å². The van der Waals surface area contributed by atoms with E-state index in [9.17, 15) is 4.79 Å². The van der Waals surface area contributed by atoms with Gasteiger partial charge in [-0.3, -0.25) is 9.69 Å².